The van der Waals surface area contributed by atoms with Gasteiger partial charge in [0, 0.05) is 6.07 Å². The Balaban J connectivity index is 1.32. The molecule has 0 N–H and O–H groups in total. The first-order chi connectivity index (χ1) is 15.7. The smallest absolute Gasteiger partial charge is 0.231 e. The Labute approximate surface area is 187 Å². The van der Waals surface area contributed by atoms with E-state index >= 15 is 0 Å². The number of aryl methyl sites for hydroxylation is 4. The standard InChI is InChI=1S/C26H26O6/c1-27-23-14-24(28-2)20(8-4-18-6-10-22-26(12-18)32-16-30-22)13-19(23)7-3-17-5-9-21-25(11-17)31-15-29-21/h5-6,9-14H,3-4,7-8,15-16H2,1-2H3. The number of ether oxygens (including phenoxy) is 6. The molecule has 6 heteroatoms. The Bertz CT molecular complexity index is 1040. The van der Waals surface area contributed by atoms with Gasteiger partial charge >= 0.3 is 0 Å². The first-order valence-corrected chi connectivity index (χ1v) is 10.7. The van der Waals surface area contributed by atoms with Gasteiger partial charge in [-0.15, -0.1) is 0 Å². The highest BCUT2D eigenvalue weighted by molar-refractivity contribution is 5.49. The van der Waals surface area contributed by atoms with E-state index in [0.29, 0.717) is 0 Å². The maximum atomic E-state index is 5.66. The normalized spacial score (nSPS) is 13.3. The molecule has 3 aromatic rings. The third-order valence-electron chi connectivity index (χ3n) is 5.92. The molecule has 0 fully saturated rings. The van der Waals surface area contributed by atoms with Crippen LogP contribution in [0.15, 0.2) is 48.5 Å². The van der Waals surface area contributed by atoms with Gasteiger partial charge < -0.3 is 28.4 Å². The number of hydrogen-bond acceptors (Lipinski definition) is 6. The van der Waals surface area contributed by atoms with Crippen LogP contribution in [0, 0.1) is 0 Å². The predicted octanol–water partition coefficient (Wildman–Crippen LogP) is 4.73. The predicted molar refractivity (Wildman–Crippen MR) is 119 cm³/mol. The van der Waals surface area contributed by atoms with Crippen LogP contribution >= 0.6 is 0 Å². The zero-order valence-corrected chi connectivity index (χ0v) is 18.3. The van der Waals surface area contributed by atoms with E-state index < -0.39 is 0 Å². The van der Waals surface area contributed by atoms with Gasteiger partial charge in [-0.1, -0.05) is 12.1 Å². The maximum Gasteiger partial charge on any atom is 0.231 e. The minimum Gasteiger partial charge on any atom is -0.496 e. The molecule has 6 nitrogen and oxygen atoms in total. The van der Waals surface area contributed by atoms with Crippen molar-refractivity contribution in [3.63, 3.8) is 0 Å². The molecule has 166 valence electrons. The fraction of sp³-hybridized carbons (Fsp3) is 0.308. The second-order valence-electron chi connectivity index (χ2n) is 7.85. The fourth-order valence-corrected chi connectivity index (χ4v) is 4.18. The number of methoxy groups -OCH3 is 2. The molecule has 0 saturated heterocycles. The van der Waals surface area contributed by atoms with Gasteiger partial charge in [-0.25, -0.2) is 0 Å². The highest BCUT2D eigenvalue weighted by Crippen LogP contribution is 2.35. The third-order valence-corrected chi connectivity index (χ3v) is 5.92. The molecular formula is C26H26O6. The van der Waals surface area contributed by atoms with Crippen molar-refractivity contribution in [1.29, 1.82) is 0 Å². The summed E-state index contributed by atoms with van der Waals surface area (Å²) in [6.45, 7) is 0.579. The molecule has 0 atom stereocenters. The minimum atomic E-state index is 0.290. The summed E-state index contributed by atoms with van der Waals surface area (Å²) in [6.07, 6.45) is 3.45. The summed E-state index contributed by atoms with van der Waals surface area (Å²) in [4.78, 5) is 0. The van der Waals surface area contributed by atoms with Gasteiger partial charge in [0.25, 0.3) is 0 Å². The summed E-state index contributed by atoms with van der Waals surface area (Å²) in [5, 5.41) is 0. The van der Waals surface area contributed by atoms with Crippen LogP contribution in [-0.2, 0) is 25.7 Å². The molecule has 0 radical (unpaired) electrons. The minimum absolute atomic E-state index is 0.290. The van der Waals surface area contributed by atoms with Crippen molar-refractivity contribution in [2.45, 2.75) is 25.7 Å². The number of fused-ring (bicyclic) bond motifs is 2. The molecular weight excluding hydrogens is 408 g/mol. The lowest BCUT2D eigenvalue weighted by Crippen LogP contribution is -2.02. The Morgan fingerprint density at radius 2 is 1.03 bits per heavy atom. The Kier molecular flexibility index (Phi) is 5.67. The zero-order chi connectivity index (χ0) is 21.9. The molecule has 0 bridgehead atoms. The topological polar surface area (TPSA) is 55.4 Å². The van der Waals surface area contributed by atoms with Crippen LogP contribution in [-0.4, -0.2) is 27.8 Å². The van der Waals surface area contributed by atoms with E-state index in [1.807, 2.05) is 18.2 Å². The average Bonchev–Trinajstić information content (AvgIpc) is 3.49. The van der Waals surface area contributed by atoms with Crippen LogP contribution in [0.25, 0.3) is 0 Å². The van der Waals surface area contributed by atoms with Crippen LogP contribution in [0.5, 0.6) is 34.5 Å². The van der Waals surface area contributed by atoms with Crippen LogP contribution in [0.4, 0.5) is 0 Å². The summed E-state index contributed by atoms with van der Waals surface area (Å²) in [6, 6.07) is 16.4. The molecule has 0 amide bonds. The second-order valence-corrected chi connectivity index (χ2v) is 7.85. The number of hydrogen-bond donors (Lipinski definition) is 0. The van der Waals surface area contributed by atoms with Gasteiger partial charge in [0.05, 0.1) is 14.2 Å². The number of rotatable bonds is 8. The van der Waals surface area contributed by atoms with Gasteiger partial charge in [-0.3, -0.25) is 0 Å². The average molecular weight is 434 g/mol. The zero-order valence-electron chi connectivity index (χ0n) is 18.3. The Morgan fingerprint density at radius 3 is 1.50 bits per heavy atom. The molecule has 3 aromatic carbocycles. The maximum absolute atomic E-state index is 5.66. The summed E-state index contributed by atoms with van der Waals surface area (Å²) in [7, 11) is 3.40. The monoisotopic (exact) mass is 434 g/mol. The van der Waals surface area contributed by atoms with Crippen molar-refractivity contribution in [1.82, 2.24) is 0 Å². The molecule has 0 saturated carbocycles. The summed E-state index contributed by atoms with van der Waals surface area (Å²) < 4.78 is 33.2. The van der Waals surface area contributed by atoms with E-state index in [1.165, 1.54) is 11.1 Å². The molecule has 2 aliphatic heterocycles. The SMILES string of the molecule is COc1cc(OC)c(CCc2ccc3c(c2)OCO3)cc1CCc1ccc2c(c1)OCO2. The summed E-state index contributed by atoms with van der Waals surface area (Å²) in [5.74, 6) is 4.93. The Hall–Kier alpha value is -3.54. The molecule has 0 unspecified atom stereocenters. The molecule has 5 rings (SSSR count). The van der Waals surface area contributed by atoms with E-state index in [1.54, 1.807) is 14.2 Å². The van der Waals surface area contributed by atoms with Gasteiger partial charge in [0.1, 0.15) is 11.5 Å². The summed E-state index contributed by atoms with van der Waals surface area (Å²) >= 11 is 0. The van der Waals surface area contributed by atoms with Crippen molar-refractivity contribution in [3.8, 4) is 34.5 Å². The largest absolute Gasteiger partial charge is 0.496 e. The van der Waals surface area contributed by atoms with Crippen LogP contribution in [0.3, 0.4) is 0 Å². The Morgan fingerprint density at radius 1 is 0.562 bits per heavy atom. The van der Waals surface area contributed by atoms with Crippen molar-refractivity contribution < 1.29 is 28.4 Å². The third kappa shape index (κ3) is 4.13. The lowest BCUT2D eigenvalue weighted by molar-refractivity contribution is 0.173. The van der Waals surface area contributed by atoms with Crippen molar-refractivity contribution in [3.05, 3.63) is 70.8 Å². The quantitative estimate of drug-likeness (QED) is 0.511. The molecule has 32 heavy (non-hydrogen) atoms. The van der Waals surface area contributed by atoms with Gasteiger partial charge in [-0.05, 0) is 78.3 Å². The van der Waals surface area contributed by atoms with E-state index in [0.717, 1.165) is 71.3 Å². The van der Waals surface area contributed by atoms with Crippen molar-refractivity contribution in [2.24, 2.45) is 0 Å². The molecule has 0 spiro atoms. The first kappa shape index (κ1) is 20.4. The van der Waals surface area contributed by atoms with E-state index in [4.69, 9.17) is 28.4 Å². The molecule has 2 aliphatic rings. The molecule has 0 aliphatic carbocycles. The number of benzene rings is 3. The lowest BCUT2D eigenvalue weighted by atomic mass is 9.97. The molecule has 0 aromatic heterocycles. The second kappa shape index (κ2) is 8.91. The van der Waals surface area contributed by atoms with Crippen molar-refractivity contribution >= 4 is 0 Å². The van der Waals surface area contributed by atoms with E-state index in [-0.39, 0.29) is 13.6 Å². The summed E-state index contributed by atoms with van der Waals surface area (Å²) in [5.41, 5.74) is 4.72. The van der Waals surface area contributed by atoms with Crippen LogP contribution < -0.4 is 28.4 Å². The van der Waals surface area contributed by atoms with Gasteiger partial charge in [0.15, 0.2) is 23.0 Å². The van der Waals surface area contributed by atoms with E-state index in [2.05, 4.69) is 30.3 Å². The molecule has 2 heterocycles. The van der Waals surface area contributed by atoms with Crippen LogP contribution in [0.1, 0.15) is 22.3 Å². The van der Waals surface area contributed by atoms with Crippen LogP contribution in [0.2, 0.25) is 0 Å². The van der Waals surface area contributed by atoms with Gasteiger partial charge in [-0.2, -0.15) is 0 Å². The van der Waals surface area contributed by atoms with Gasteiger partial charge in [0.2, 0.25) is 13.6 Å². The van der Waals surface area contributed by atoms with E-state index in [9.17, 15) is 0 Å². The highest BCUT2D eigenvalue weighted by atomic mass is 16.7. The van der Waals surface area contributed by atoms with Crippen molar-refractivity contribution in [2.75, 3.05) is 27.8 Å². The fourth-order valence-electron chi connectivity index (χ4n) is 4.18. The first-order valence-electron chi connectivity index (χ1n) is 10.7. The lowest BCUT2D eigenvalue weighted by Gasteiger charge is -2.15. The highest BCUT2D eigenvalue weighted by Gasteiger charge is 2.16.